The topological polar surface area (TPSA) is 44.3 Å². The third-order valence-electron chi connectivity index (χ3n) is 4.29. The molecule has 128 valence electrons. The molecule has 0 bridgehead atoms. The fraction of sp³-hybridized carbons (Fsp3) is 0.444. The summed E-state index contributed by atoms with van der Waals surface area (Å²) < 4.78 is 13.8. The number of aromatic nitrogens is 2. The van der Waals surface area contributed by atoms with E-state index in [-0.39, 0.29) is 5.82 Å². The van der Waals surface area contributed by atoms with E-state index >= 15 is 0 Å². The van der Waals surface area contributed by atoms with E-state index in [1.54, 1.807) is 12.3 Å². The summed E-state index contributed by atoms with van der Waals surface area (Å²) in [7, 11) is 0. The molecule has 1 aromatic carbocycles. The van der Waals surface area contributed by atoms with Crippen molar-refractivity contribution in [2.24, 2.45) is 0 Å². The molecule has 3 rings (SSSR count). The van der Waals surface area contributed by atoms with E-state index in [2.05, 4.69) is 25.1 Å². The van der Waals surface area contributed by atoms with Gasteiger partial charge in [-0.25, -0.2) is 14.4 Å². The van der Waals surface area contributed by atoms with Gasteiger partial charge in [-0.3, -0.25) is 4.90 Å². The Labute approximate surface area is 142 Å². The van der Waals surface area contributed by atoms with Crippen LogP contribution in [0.5, 0.6) is 0 Å². The van der Waals surface area contributed by atoms with Gasteiger partial charge in [-0.1, -0.05) is 12.1 Å². The summed E-state index contributed by atoms with van der Waals surface area (Å²) in [6.45, 7) is 7.53. The van der Waals surface area contributed by atoms with Crippen LogP contribution in [0.1, 0.15) is 12.1 Å². The lowest BCUT2D eigenvalue weighted by Crippen LogP contribution is -2.47. The lowest BCUT2D eigenvalue weighted by molar-refractivity contribution is 0.256. The maximum Gasteiger partial charge on any atom is 0.222 e. The molecule has 0 radical (unpaired) electrons. The van der Waals surface area contributed by atoms with Crippen LogP contribution in [0.25, 0.3) is 0 Å². The molecule has 2 heterocycles. The lowest BCUT2D eigenvalue weighted by atomic mass is 10.2. The van der Waals surface area contributed by atoms with E-state index in [9.17, 15) is 4.39 Å². The molecule has 24 heavy (non-hydrogen) atoms. The molecular weight excluding hydrogens is 305 g/mol. The van der Waals surface area contributed by atoms with E-state index < -0.39 is 0 Å². The average molecular weight is 329 g/mol. The third-order valence-corrected chi connectivity index (χ3v) is 4.29. The summed E-state index contributed by atoms with van der Waals surface area (Å²) in [4.78, 5) is 13.1. The molecule has 0 atom stereocenters. The SMILES string of the molecule is Cc1ccnc(NCCCN2CCN(c3ccccc3F)CC2)n1. The van der Waals surface area contributed by atoms with Crippen LogP contribution in [0.3, 0.4) is 0 Å². The van der Waals surface area contributed by atoms with Gasteiger partial charge < -0.3 is 10.2 Å². The summed E-state index contributed by atoms with van der Waals surface area (Å²) in [6, 6.07) is 8.90. The number of nitrogens with one attached hydrogen (secondary N) is 1. The van der Waals surface area contributed by atoms with Crippen LogP contribution in [0, 0.1) is 12.7 Å². The van der Waals surface area contributed by atoms with Gasteiger partial charge in [-0.2, -0.15) is 0 Å². The second kappa shape index (κ2) is 8.06. The molecule has 0 aliphatic carbocycles. The number of nitrogens with zero attached hydrogens (tertiary/aromatic N) is 4. The highest BCUT2D eigenvalue weighted by molar-refractivity contribution is 5.47. The fourth-order valence-corrected chi connectivity index (χ4v) is 2.96. The summed E-state index contributed by atoms with van der Waals surface area (Å²) in [6.07, 6.45) is 2.81. The van der Waals surface area contributed by atoms with Crippen molar-refractivity contribution < 1.29 is 4.39 Å². The Morgan fingerprint density at radius 3 is 2.67 bits per heavy atom. The Bertz CT molecular complexity index is 655. The van der Waals surface area contributed by atoms with Crippen molar-refractivity contribution >= 4 is 11.6 Å². The van der Waals surface area contributed by atoms with E-state index in [1.807, 2.05) is 25.1 Å². The molecule has 1 aliphatic rings. The number of hydrogen-bond acceptors (Lipinski definition) is 5. The minimum Gasteiger partial charge on any atom is -0.367 e. The first-order chi connectivity index (χ1) is 11.7. The van der Waals surface area contributed by atoms with Crippen molar-refractivity contribution in [1.82, 2.24) is 14.9 Å². The van der Waals surface area contributed by atoms with Crippen LogP contribution in [0.4, 0.5) is 16.0 Å². The highest BCUT2D eigenvalue weighted by atomic mass is 19.1. The van der Waals surface area contributed by atoms with Crippen molar-refractivity contribution in [3.05, 3.63) is 48.0 Å². The summed E-state index contributed by atoms with van der Waals surface area (Å²) in [5.74, 6) is 0.563. The van der Waals surface area contributed by atoms with Gasteiger partial charge in [0.2, 0.25) is 5.95 Å². The van der Waals surface area contributed by atoms with E-state index in [1.165, 1.54) is 6.07 Å². The smallest absolute Gasteiger partial charge is 0.222 e. The van der Waals surface area contributed by atoms with Crippen molar-refractivity contribution in [3.63, 3.8) is 0 Å². The predicted octanol–water partition coefficient (Wildman–Crippen LogP) is 2.55. The molecule has 6 heteroatoms. The van der Waals surface area contributed by atoms with Crippen LogP contribution in [-0.2, 0) is 0 Å². The highest BCUT2D eigenvalue weighted by Gasteiger charge is 2.18. The molecular formula is C18H24FN5. The molecule has 1 saturated heterocycles. The van der Waals surface area contributed by atoms with Crippen molar-refractivity contribution in [1.29, 1.82) is 0 Å². The largest absolute Gasteiger partial charge is 0.367 e. The van der Waals surface area contributed by atoms with Gasteiger partial charge in [-0.05, 0) is 38.1 Å². The van der Waals surface area contributed by atoms with Gasteiger partial charge in [0.1, 0.15) is 5.82 Å². The Morgan fingerprint density at radius 1 is 1.12 bits per heavy atom. The van der Waals surface area contributed by atoms with Crippen LogP contribution in [-0.4, -0.2) is 54.1 Å². The zero-order chi connectivity index (χ0) is 16.8. The maximum absolute atomic E-state index is 13.8. The molecule has 0 unspecified atom stereocenters. The minimum absolute atomic E-state index is 0.131. The Morgan fingerprint density at radius 2 is 1.92 bits per heavy atom. The van der Waals surface area contributed by atoms with Gasteiger partial charge in [0, 0.05) is 44.6 Å². The summed E-state index contributed by atoms with van der Waals surface area (Å²) in [5, 5.41) is 3.26. The van der Waals surface area contributed by atoms with Gasteiger partial charge in [0.05, 0.1) is 5.69 Å². The normalized spacial score (nSPS) is 15.5. The van der Waals surface area contributed by atoms with E-state index in [0.717, 1.165) is 57.1 Å². The molecule has 0 spiro atoms. The average Bonchev–Trinajstić information content (AvgIpc) is 2.60. The number of benzene rings is 1. The number of piperazine rings is 1. The van der Waals surface area contributed by atoms with Crippen molar-refractivity contribution in [2.45, 2.75) is 13.3 Å². The Balaban J connectivity index is 1.38. The van der Waals surface area contributed by atoms with Gasteiger partial charge in [0.15, 0.2) is 0 Å². The number of anilines is 2. The van der Waals surface area contributed by atoms with Crippen molar-refractivity contribution in [3.8, 4) is 0 Å². The van der Waals surface area contributed by atoms with Crippen LogP contribution in [0.2, 0.25) is 0 Å². The minimum atomic E-state index is -0.131. The molecule has 1 N–H and O–H groups in total. The second-order valence-electron chi connectivity index (χ2n) is 6.08. The lowest BCUT2D eigenvalue weighted by Gasteiger charge is -2.36. The number of hydrogen-bond donors (Lipinski definition) is 1. The van der Waals surface area contributed by atoms with Crippen LogP contribution >= 0.6 is 0 Å². The number of para-hydroxylation sites is 1. The van der Waals surface area contributed by atoms with Gasteiger partial charge >= 0.3 is 0 Å². The third kappa shape index (κ3) is 4.41. The molecule has 1 fully saturated rings. The first kappa shape index (κ1) is 16.6. The highest BCUT2D eigenvalue weighted by Crippen LogP contribution is 2.20. The first-order valence-electron chi connectivity index (χ1n) is 8.48. The predicted molar refractivity (Wildman–Crippen MR) is 94.9 cm³/mol. The zero-order valence-corrected chi connectivity index (χ0v) is 14.1. The standard InChI is InChI=1S/C18H24FN5/c1-15-7-9-21-18(22-15)20-8-4-10-23-11-13-24(14-12-23)17-6-3-2-5-16(17)19/h2-3,5-7,9H,4,8,10-14H2,1H3,(H,20,21,22). The molecule has 5 nitrogen and oxygen atoms in total. The monoisotopic (exact) mass is 329 g/mol. The zero-order valence-electron chi connectivity index (χ0n) is 14.1. The van der Waals surface area contributed by atoms with E-state index in [4.69, 9.17) is 0 Å². The molecule has 1 aromatic heterocycles. The maximum atomic E-state index is 13.8. The quantitative estimate of drug-likeness (QED) is 0.825. The second-order valence-corrected chi connectivity index (χ2v) is 6.08. The molecule has 1 aliphatic heterocycles. The fourth-order valence-electron chi connectivity index (χ4n) is 2.96. The number of rotatable bonds is 6. The number of aryl methyl sites for hydroxylation is 1. The van der Waals surface area contributed by atoms with Gasteiger partial charge in [0.25, 0.3) is 0 Å². The first-order valence-corrected chi connectivity index (χ1v) is 8.48. The van der Waals surface area contributed by atoms with Crippen LogP contribution in [0.15, 0.2) is 36.5 Å². The van der Waals surface area contributed by atoms with E-state index in [0.29, 0.717) is 5.95 Å². The molecule has 2 aromatic rings. The summed E-state index contributed by atoms with van der Waals surface area (Å²) in [5.41, 5.74) is 1.69. The van der Waals surface area contributed by atoms with Crippen molar-refractivity contribution in [2.75, 3.05) is 49.5 Å². The van der Waals surface area contributed by atoms with Crippen LogP contribution < -0.4 is 10.2 Å². The summed E-state index contributed by atoms with van der Waals surface area (Å²) >= 11 is 0. The Kier molecular flexibility index (Phi) is 5.59. The molecule has 0 saturated carbocycles. The van der Waals surface area contributed by atoms with Gasteiger partial charge in [-0.15, -0.1) is 0 Å². The number of halogens is 1. The Hall–Kier alpha value is -2.21. The molecule has 0 amide bonds.